The molecular formula is C28H28FN9O9P2S2. The zero-order chi connectivity index (χ0) is 35.5. The number of halogens is 1. The molecule has 1 aliphatic carbocycles. The van der Waals surface area contributed by atoms with Crippen LogP contribution in [0.1, 0.15) is 29.0 Å². The van der Waals surface area contributed by atoms with Gasteiger partial charge in [-0.15, -0.1) is 0 Å². The van der Waals surface area contributed by atoms with Gasteiger partial charge in [-0.1, -0.05) is 18.2 Å². The maximum absolute atomic E-state index is 16.4. The van der Waals surface area contributed by atoms with Gasteiger partial charge in [0.1, 0.15) is 18.5 Å². The number of amides is 1. The number of carbonyl (C=O) groups excluding carboxylic acids is 1. The SMILES string of the molecule is O=C(Nc1ncnc2c1ncn2[C@@H]1O[C@@H]2COP(O)(=S)OC[C@@H]3[C@@H](COP(O)(=S)O[C@H]2[C@H]1F)C[C@H]3n1cnc2c(=O)[nH]cnc21)c1ccccc1. The smallest absolute Gasteiger partial charge is 0.324 e. The number of aromatic amines is 1. The van der Waals surface area contributed by atoms with E-state index >= 15 is 4.39 Å². The number of carbonyl (C=O) groups is 1. The van der Waals surface area contributed by atoms with Gasteiger partial charge in [0.05, 0.1) is 38.8 Å². The van der Waals surface area contributed by atoms with Gasteiger partial charge in [0.2, 0.25) is 0 Å². The van der Waals surface area contributed by atoms with E-state index in [1.165, 1.54) is 29.9 Å². The predicted octanol–water partition coefficient (Wildman–Crippen LogP) is 2.51. The highest BCUT2D eigenvalue weighted by atomic mass is 32.5. The van der Waals surface area contributed by atoms with Crippen molar-refractivity contribution >= 4 is 71.1 Å². The van der Waals surface area contributed by atoms with E-state index in [-0.39, 0.29) is 53.6 Å². The summed E-state index contributed by atoms with van der Waals surface area (Å²) in [5, 5.41) is 2.69. The fraction of sp³-hybridized carbons (Fsp3) is 0.393. The summed E-state index contributed by atoms with van der Waals surface area (Å²) in [6, 6.07) is 8.19. The molecule has 1 amide bonds. The molecule has 2 saturated heterocycles. The van der Waals surface area contributed by atoms with Crippen LogP contribution in [0.4, 0.5) is 10.2 Å². The summed E-state index contributed by atoms with van der Waals surface area (Å²) >= 11 is 10.6. The van der Waals surface area contributed by atoms with Crippen LogP contribution in [0.15, 0.2) is 60.4 Å². The summed E-state index contributed by atoms with van der Waals surface area (Å²) in [6.07, 6.45) is -0.517. The number of imidazole rings is 2. The summed E-state index contributed by atoms with van der Waals surface area (Å²) in [4.78, 5) is 70.7. The first kappa shape index (κ1) is 34.6. The molecule has 268 valence electrons. The average molecular weight is 780 g/mol. The van der Waals surface area contributed by atoms with Crippen LogP contribution >= 0.6 is 13.4 Å². The normalized spacial score (nSPS) is 33.0. The number of hydrogen-bond donors (Lipinski definition) is 4. The van der Waals surface area contributed by atoms with Crippen molar-refractivity contribution in [2.75, 3.05) is 25.1 Å². The van der Waals surface area contributed by atoms with Gasteiger partial charge in [-0.3, -0.25) is 18.7 Å². The highest BCUT2D eigenvalue weighted by Crippen LogP contribution is 2.55. The van der Waals surface area contributed by atoms with E-state index in [9.17, 15) is 19.4 Å². The van der Waals surface area contributed by atoms with Crippen molar-refractivity contribution in [1.82, 2.24) is 39.0 Å². The molecule has 51 heavy (non-hydrogen) atoms. The predicted molar refractivity (Wildman–Crippen MR) is 183 cm³/mol. The lowest BCUT2D eigenvalue weighted by Gasteiger charge is -2.45. The minimum absolute atomic E-state index is 0.0856. The number of nitrogens with one attached hydrogen (secondary N) is 2. The van der Waals surface area contributed by atoms with Gasteiger partial charge in [-0.25, -0.2) is 29.3 Å². The van der Waals surface area contributed by atoms with Crippen molar-refractivity contribution in [3.8, 4) is 0 Å². The fourth-order valence-corrected chi connectivity index (χ4v) is 9.10. The van der Waals surface area contributed by atoms with E-state index < -0.39 is 56.1 Å². The molecule has 6 heterocycles. The van der Waals surface area contributed by atoms with Crippen LogP contribution in [0.2, 0.25) is 0 Å². The lowest BCUT2D eigenvalue weighted by Crippen LogP contribution is -2.43. The Kier molecular flexibility index (Phi) is 9.17. The van der Waals surface area contributed by atoms with Crippen molar-refractivity contribution in [2.45, 2.75) is 37.1 Å². The molecule has 2 aliphatic heterocycles. The molecule has 18 nitrogen and oxygen atoms in total. The molecule has 3 fully saturated rings. The number of anilines is 1. The number of rotatable bonds is 4. The molecule has 4 N–H and O–H groups in total. The van der Waals surface area contributed by atoms with Crippen LogP contribution in [-0.2, 0) is 46.4 Å². The maximum Gasteiger partial charge on any atom is 0.324 e. The van der Waals surface area contributed by atoms with E-state index in [1.54, 1.807) is 34.9 Å². The van der Waals surface area contributed by atoms with Gasteiger partial charge in [0.15, 0.2) is 40.5 Å². The maximum atomic E-state index is 16.4. The second-order valence-electron chi connectivity index (χ2n) is 12.1. The number of H-pyrrole nitrogens is 1. The molecule has 9 atom stereocenters. The first-order valence-corrected chi connectivity index (χ1v) is 20.7. The fourth-order valence-electron chi connectivity index (χ4n) is 6.48. The summed E-state index contributed by atoms with van der Waals surface area (Å²) in [5.41, 5.74) is 0.803. The number of benzene rings is 1. The third-order valence-corrected chi connectivity index (χ3v) is 12.2. The number of hydrogen-bond acceptors (Lipinski definition) is 14. The van der Waals surface area contributed by atoms with Gasteiger partial charge >= 0.3 is 13.4 Å². The van der Waals surface area contributed by atoms with Gasteiger partial charge in [0, 0.05) is 17.5 Å². The monoisotopic (exact) mass is 779 g/mol. The Morgan fingerprint density at radius 2 is 1.67 bits per heavy atom. The van der Waals surface area contributed by atoms with Crippen molar-refractivity contribution in [3.05, 3.63) is 71.6 Å². The number of fused-ring (bicyclic) bond motifs is 4. The molecule has 8 rings (SSSR count). The first-order valence-electron chi connectivity index (χ1n) is 15.5. The molecule has 1 saturated carbocycles. The third-order valence-electron chi connectivity index (χ3n) is 9.07. The zero-order valence-electron chi connectivity index (χ0n) is 26.0. The van der Waals surface area contributed by atoms with Crippen LogP contribution in [0, 0.1) is 11.8 Å². The van der Waals surface area contributed by atoms with Crippen LogP contribution in [0.3, 0.4) is 0 Å². The van der Waals surface area contributed by atoms with Crippen molar-refractivity contribution in [2.24, 2.45) is 11.8 Å². The zero-order valence-corrected chi connectivity index (χ0v) is 29.5. The summed E-state index contributed by atoms with van der Waals surface area (Å²) < 4.78 is 48.3. The average Bonchev–Trinajstić information content (AvgIpc) is 3.80. The summed E-state index contributed by atoms with van der Waals surface area (Å²) in [5.74, 6) is -0.984. The Morgan fingerprint density at radius 1 is 0.941 bits per heavy atom. The minimum atomic E-state index is -4.09. The highest BCUT2D eigenvalue weighted by molar-refractivity contribution is 8.07. The highest BCUT2D eigenvalue weighted by Gasteiger charge is 2.51. The molecule has 0 spiro atoms. The van der Waals surface area contributed by atoms with Crippen LogP contribution in [0.25, 0.3) is 22.3 Å². The molecule has 4 aromatic heterocycles. The van der Waals surface area contributed by atoms with Crippen molar-refractivity contribution in [3.63, 3.8) is 0 Å². The Balaban J connectivity index is 1.02. The van der Waals surface area contributed by atoms with Gasteiger partial charge in [0.25, 0.3) is 11.5 Å². The molecule has 3 aliphatic rings. The van der Waals surface area contributed by atoms with Crippen LogP contribution in [0.5, 0.6) is 0 Å². The van der Waals surface area contributed by atoms with Crippen molar-refractivity contribution < 1.29 is 41.8 Å². The van der Waals surface area contributed by atoms with E-state index in [0.29, 0.717) is 17.6 Å². The summed E-state index contributed by atoms with van der Waals surface area (Å²) in [6.45, 7) is -8.69. The molecule has 5 aromatic rings. The largest absolute Gasteiger partial charge is 0.346 e. The lowest BCUT2D eigenvalue weighted by molar-refractivity contribution is -0.0427. The molecular weight excluding hydrogens is 751 g/mol. The number of nitrogens with zero attached hydrogens (tertiary/aromatic N) is 7. The minimum Gasteiger partial charge on any atom is -0.346 e. The third kappa shape index (κ3) is 6.68. The van der Waals surface area contributed by atoms with Gasteiger partial charge in [-0.05, 0) is 48.1 Å². The molecule has 2 unspecified atom stereocenters. The first-order chi connectivity index (χ1) is 24.5. The van der Waals surface area contributed by atoms with E-state index in [4.69, 9.17) is 46.4 Å². The Hall–Kier alpha value is -3.46. The van der Waals surface area contributed by atoms with E-state index in [1.807, 2.05) is 0 Å². The Bertz CT molecular complexity index is 2280. The van der Waals surface area contributed by atoms with Gasteiger partial charge < -0.3 is 43.0 Å². The standard InChI is InChI=1S/C28H28FN9O9P2S2/c29-19-22-18(46-28(19)38-13-34-20-23(30-10-31-24(20)38)36-26(39)14-4-2-1-3-5-14)9-45-48(41,50)44-8-16-15(7-43-49(42,51)47-22)6-17(16)37-12-35-21-25(37)32-11-33-27(21)40/h1-5,10-13,15-19,22,28H,6-9H2,(H,41,50)(H,42,51)(H,32,33,40)(H,30,31,36,39)/t15-,16-,17-,18-,19-,22-,28-,48?,49?/m1/s1. The molecule has 1 aromatic carbocycles. The quantitative estimate of drug-likeness (QED) is 0.192. The van der Waals surface area contributed by atoms with Crippen LogP contribution < -0.4 is 10.9 Å². The van der Waals surface area contributed by atoms with E-state index in [0.717, 1.165) is 0 Å². The van der Waals surface area contributed by atoms with E-state index in [2.05, 4.69) is 35.2 Å². The van der Waals surface area contributed by atoms with Crippen molar-refractivity contribution in [1.29, 1.82) is 0 Å². The second kappa shape index (κ2) is 13.5. The Morgan fingerprint density at radius 3 is 2.49 bits per heavy atom. The summed E-state index contributed by atoms with van der Waals surface area (Å²) in [7, 11) is 0. The lowest BCUT2D eigenvalue weighted by atomic mass is 9.70. The second-order valence-corrected chi connectivity index (χ2v) is 17.7. The molecule has 23 heteroatoms. The topological polar surface area (TPSA) is 223 Å². The number of aromatic nitrogens is 8. The molecule has 0 radical (unpaired) electrons. The Labute approximate surface area is 296 Å². The molecule has 0 bridgehead atoms. The number of ether oxygens (including phenoxy) is 1. The van der Waals surface area contributed by atoms with Crippen LogP contribution in [-0.4, -0.2) is 92.9 Å². The van der Waals surface area contributed by atoms with Gasteiger partial charge in [-0.2, -0.15) is 0 Å². The number of alkyl halides is 1.